The van der Waals surface area contributed by atoms with Gasteiger partial charge in [0, 0.05) is 21.5 Å². The zero-order valence-corrected chi connectivity index (χ0v) is 18.5. The summed E-state index contributed by atoms with van der Waals surface area (Å²) >= 11 is 3.54. The van der Waals surface area contributed by atoms with E-state index in [1.165, 1.54) is 11.1 Å². The second-order valence-corrected chi connectivity index (χ2v) is 7.85. The van der Waals surface area contributed by atoms with Crippen LogP contribution in [-0.2, 0) is 0 Å². The molecule has 1 nitrogen and oxygen atoms in total. The quantitative estimate of drug-likeness (QED) is 0.304. The van der Waals surface area contributed by atoms with Gasteiger partial charge in [-0.2, -0.15) is 0 Å². The fourth-order valence-electron chi connectivity index (χ4n) is 2.85. The van der Waals surface area contributed by atoms with E-state index < -0.39 is 0 Å². The molecule has 0 aliphatic carbocycles. The number of benzene rings is 2. The molecule has 0 bridgehead atoms. The van der Waals surface area contributed by atoms with Crippen molar-refractivity contribution in [3.8, 4) is 0 Å². The Hall–Kier alpha value is -2.06. The van der Waals surface area contributed by atoms with Crippen LogP contribution in [0, 0.1) is 12.8 Å². The highest BCUT2D eigenvalue weighted by molar-refractivity contribution is 9.10. The first-order chi connectivity index (χ1) is 13.0. The third-order valence-electron chi connectivity index (χ3n) is 4.91. The summed E-state index contributed by atoms with van der Waals surface area (Å²) in [6.07, 6.45) is 8.63. The van der Waals surface area contributed by atoms with Crippen LogP contribution in [0.3, 0.4) is 0 Å². The van der Waals surface area contributed by atoms with Crippen molar-refractivity contribution in [2.24, 2.45) is 5.92 Å². The highest BCUT2D eigenvalue weighted by Crippen LogP contribution is 2.32. The third-order valence-corrected chi connectivity index (χ3v) is 5.44. The largest absolute Gasteiger partial charge is 0.311 e. The molecule has 0 radical (unpaired) electrons. The standard InChI is InChI=1S/C25H30BrN/c1-6-20(4)21(5)9-8-10-23(7-2)27(24-15-11-19(3)12-16-24)25-17-13-22(26)14-18-25/h7-8,10-18,20H,5-6,9H2,1-4H3/b10-8-,23-7+. The first-order valence-electron chi connectivity index (χ1n) is 9.59. The lowest BCUT2D eigenvalue weighted by Crippen LogP contribution is -2.15. The van der Waals surface area contributed by atoms with Crippen molar-refractivity contribution in [2.45, 2.75) is 40.5 Å². The third kappa shape index (κ3) is 5.97. The van der Waals surface area contributed by atoms with Crippen molar-refractivity contribution in [3.63, 3.8) is 0 Å². The molecule has 1 unspecified atom stereocenters. The minimum Gasteiger partial charge on any atom is -0.311 e. The normalized spacial score (nSPS) is 13.0. The number of halogens is 1. The Kier molecular flexibility index (Phi) is 8.12. The van der Waals surface area contributed by atoms with Crippen molar-refractivity contribution < 1.29 is 0 Å². The van der Waals surface area contributed by atoms with Gasteiger partial charge >= 0.3 is 0 Å². The van der Waals surface area contributed by atoms with Crippen molar-refractivity contribution >= 4 is 27.3 Å². The Morgan fingerprint density at radius 2 is 1.63 bits per heavy atom. The molecular formula is C25H30BrN. The van der Waals surface area contributed by atoms with E-state index in [1.54, 1.807) is 0 Å². The Balaban J connectivity index is 2.34. The molecule has 0 aliphatic rings. The van der Waals surface area contributed by atoms with Crippen LogP contribution in [0.5, 0.6) is 0 Å². The predicted octanol–water partition coefficient (Wildman–Crippen LogP) is 8.35. The van der Waals surface area contributed by atoms with Crippen molar-refractivity contribution in [3.05, 3.63) is 94.6 Å². The maximum Gasteiger partial charge on any atom is 0.0462 e. The Morgan fingerprint density at radius 3 is 2.15 bits per heavy atom. The summed E-state index contributed by atoms with van der Waals surface area (Å²) in [5.74, 6) is 0.559. The summed E-state index contributed by atoms with van der Waals surface area (Å²) in [7, 11) is 0. The summed E-state index contributed by atoms with van der Waals surface area (Å²) in [5.41, 5.74) is 5.99. The molecule has 0 saturated carbocycles. The zero-order chi connectivity index (χ0) is 19.8. The van der Waals surface area contributed by atoms with Gasteiger partial charge in [0.25, 0.3) is 0 Å². The molecule has 2 heteroatoms. The van der Waals surface area contributed by atoms with Gasteiger partial charge in [-0.3, -0.25) is 0 Å². The number of rotatable bonds is 8. The molecule has 0 fully saturated rings. The second kappa shape index (κ2) is 10.3. The first kappa shape index (κ1) is 21.2. The van der Waals surface area contributed by atoms with Crippen molar-refractivity contribution in [1.82, 2.24) is 0 Å². The van der Waals surface area contributed by atoms with E-state index >= 15 is 0 Å². The average molecular weight is 424 g/mol. The van der Waals surface area contributed by atoms with Crippen LogP contribution in [0.4, 0.5) is 11.4 Å². The van der Waals surface area contributed by atoms with E-state index in [1.807, 2.05) is 0 Å². The van der Waals surface area contributed by atoms with Crippen LogP contribution < -0.4 is 4.90 Å². The summed E-state index contributed by atoms with van der Waals surface area (Å²) in [5, 5.41) is 0. The predicted molar refractivity (Wildman–Crippen MR) is 124 cm³/mol. The van der Waals surface area contributed by atoms with Gasteiger partial charge < -0.3 is 4.90 Å². The van der Waals surface area contributed by atoms with Gasteiger partial charge in [0.2, 0.25) is 0 Å². The van der Waals surface area contributed by atoms with Gasteiger partial charge in [0.1, 0.15) is 0 Å². The maximum absolute atomic E-state index is 4.24. The molecule has 1 atom stereocenters. The van der Waals surface area contributed by atoms with Crippen LogP contribution in [-0.4, -0.2) is 0 Å². The smallest absolute Gasteiger partial charge is 0.0462 e. The maximum atomic E-state index is 4.24. The van der Waals surface area contributed by atoms with E-state index in [9.17, 15) is 0 Å². The molecule has 0 heterocycles. The van der Waals surface area contributed by atoms with Crippen LogP contribution >= 0.6 is 15.9 Å². The van der Waals surface area contributed by atoms with Crippen LogP contribution in [0.25, 0.3) is 0 Å². The molecular weight excluding hydrogens is 394 g/mol. The summed E-state index contributed by atoms with van der Waals surface area (Å²) in [4.78, 5) is 2.29. The van der Waals surface area contributed by atoms with E-state index in [0.29, 0.717) is 5.92 Å². The summed E-state index contributed by atoms with van der Waals surface area (Å²) < 4.78 is 1.08. The minimum absolute atomic E-state index is 0.559. The van der Waals surface area contributed by atoms with E-state index in [0.717, 1.165) is 34.4 Å². The molecule has 0 amide bonds. The fourth-order valence-corrected chi connectivity index (χ4v) is 3.12. The van der Waals surface area contributed by atoms with E-state index in [2.05, 4.69) is 122 Å². The molecule has 27 heavy (non-hydrogen) atoms. The fraction of sp³-hybridized carbons (Fsp3) is 0.280. The summed E-state index contributed by atoms with van der Waals surface area (Å²) in [6.45, 7) is 12.9. The van der Waals surface area contributed by atoms with Gasteiger partial charge in [-0.15, -0.1) is 0 Å². The molecule has 2 rings (SSSR count). The van der Waals surface area contributed by atoms with E-state index in [4.69, 9.17) is 0 Å². The SMILES string of the molecule is C=C(C/C=C\C(=C/C)N(c1ccc(C)cc1)c1ccc(Br)cc1)C(C)CC. The topological polar surface area (TPSA) is 3.24 Å². The Bertz CT molecular complexity index is 752. The lowest BCUT2D eigenvalue weighted by Gasteiger charge is -2.26. The van der Waals surface area contributed by atoms with Gasteiger partial charge in [-0.25, -0.2) is 0 Å². The Labute approximate surface area is 173 Å². The number of anilines is 2. The zero-order valence-electron chi connectivity index (χ0n) is 16.9. The van der Waals surface area contributed by atoms with Crippen molar-refractivity contribution in [2.75, 3.05) is 4.90 Å². The first-order valence-corrected chi connectivity index (χ1v) is 10.4. The lowest BCUT2D eigenvalue weighted by molar-refractivity contribution is 0.645. The average Bonchev–Trinajstić information content (AvgIpc) is 2.68. The lowest BCUT2D eigenvalue weighted by atomic mass is 9.97. The minimum atomic E-state index is 0.559. The van der Waals surface area contributed by atoms with Gasteiger partial charge in [0.15, 0.2) is 0 Å². The van der Waals surface area contributed by atoms with E-state index in [-0.39, 0.29) is 0 Å². The molecule has 2 aromatic rings. The number of hydrogen-bond donors (Lipinski definition) is 0. The molecule has 0 N–H and O–H groups in total. The molecule has 0 spiro atoms. The number of allylic oxidation sites excluding steroid dienone is 4. The van der Waals surface area contributed by atoms with Gasteiger partial charge in [-0.05, 0) is 75.1 Å². The Morgan fingerprint density at radius 1 is 1.07 bits per heavy atom. The molecule has 142 valence electrons. The second-order valence-electron chi connectivity index (χ2n) is 6.93. The van der Waals surface area contributed by atoms with Gasteiger partial charge in [0.05, 0.1) is 0 Å². The molecule has 0 aromatic heterocycles. The monoisotopic (exact) mass is 423 g/mol. The van der Waals surface area contributed by atoms with Crippen molar-refractivity contribution in [1.29, 1.82) is 0 Å². The van der Waals surface area contributed by atoms with Crippen LogP contribution in [0.1, 0.15) is 39.2 Å². The number of hydrogen-bond acceptors (Lipinski definition) is 1. The highest BCUT2D eigenvalue weighted by Gasteiger charge is 2.12. The summed E-state index contributed by atoms with van der Waals surface area (Å²) in [6, 6.07) is 17.1. The molecule has 0 aliphatic heterocycles. The molecule has 2 aromatic carbocycles. The number of nitrogens with zero attached hydrogens (tertiary/aromatic N) is 1. The van der Waals surface area contributed by atoms with Gasteiger partial charge in [-0.1, -0.05) is 71.8 Å². The molecule has 0 saturated heterocycles. The number of aryl methyl sites for hydroxylation is 1. The van der Waals surface area contributed by atoms with Crippen LogP contribution in [0.2, 0.25) is 0 Å². The van der Waals surface area contributed by atoms with Crippen LogP contribution in [0.15, 0.2) is 89.1 Å². The highest BCUT2D eigenvalue weighted by atomic mass is 79.9.